The first-order valence-corrected chi connectivity index (χ1v) is 14.0. The third-order valence-corrected chi connectivity index (χ3v) is 7.13. The van der Waals surface area contributed by atoms with Crippen LogP contribution in [0.2, 0.25) is 0 Å². The Morgan fingerprint density at radius 1 is 0.811 bits per heavy atom. The van der Waals surface area contributed by atoms with Gasteiger partial charge in [-0.25, -0.2) is 4.79 Å². The fourth-order valence-corrected chi connectivity index (χ4v) is 5.02. The number of unbranched alkanes of at least 4 members (excludes halogenated alkanes) is 4. The van der Waals surface area contributed by atoms with Crippen LogP contribution >= 0.6 is 11.8 Å². The molecule has 0 aliphatic rings. The summed E-state index contributed by atoms with van der Waals surface area (Å²) in [6.45, 7) is 3.53. The van der Waals surface area contributed by atoms with E-state index in [9.17, 15) is 9.59 Å². The number of hydrogen-bond donors (Lipinski definition) is 2. The van der Waals surface area contributed by atoms with Crippen molar-refractivity contribution in [1.82, 2.24) is 5.32 Å². The van der Waals surface area contributed by atoms with Crippen LogP contribution in [0.1, 0.15) is 56.6 Å². The molecular weight excluding hydrogens is 480 g/mol. The van der Waals surface area contributed by atoms with Crippen LogP contribution in [0.4, 0.5) is 10.5 Å². The predicted octanol–water partition coefficient (Wildman–Crippen LogP) is 7.58. The summed E-state index contributed by atoms with van der Waals surface area (Å²) in [4.78, 5) is 28.1. The number of benzene rings is 3. The van der Waals surface area contributed by atoms with Crippen molar-refractivity contribution >= 4 is 29.4 Å². The molecule has 0 saturated heterocycles. The van der Waals surface area contributed by atoms with Gasteiger partial charge in [0.1, 0.15) is 0 Å². The van der Waals surface area contributed by atoms with Gasteiger partial charge < -0.3 is 10.4 Å². The predicted molar refractivity (Wildman–Crippen MR) is 153 cm³/mol. The molecule has 0 radical (unpaired) electrons. The molecule has 2 amide bonds. The second-order valence-corrected chi connectivity index (χ2v) is 10.3. The molecule has 3 aromatic rings. The number of nitrogens with zero attached hydrogens (tertiary/aromatic N) is 1. The molecule has 0 aliphatic heterocycles. The average molecular weight is 519 g/mol. The summed E-state index contributed by atoms with van der Waals surface area (Å²) < 4.78 is 0. The van der Waals surface area contributed by atoms with Crippen LogP contribution in [0.3, 0.4) is 0 Å². The summed E-state index contributed by atoms with van der Waals surface area (Å²) >= 11 is 1.60. The van der Waals surface area contributed by atoms with Crippen LogP contribution in [0.25, 0.3) is 0 Å². The van der Waals surface area contributed by atoms with E-state index in [0.29, 0.717) is 13.1 Å². The molecular formula is C31H38N2O3S. The van der Waals surface area contributed by atoms with Gasteiger partial charge in [-0.3, -0.25) is 9.69 Å². The Morgan fingerprint density at radius 2 is 1.57 bits per heavy atom. The molecule has 0 spiro atoms. The number of aliphatic carboxylic acids is 1. The van der Waals surface area contributed by atoms with Crippen LogP contribution < -0.4 is 10.2 Å². The van der Waals surface area contributed by atoms with Crippen LogP contribution in [0.5, 0.6) is 0 Å². The molecule has 0 atom stereocenters. The van der Waals surface area contributed by atoms with Gasteiger partial charge in [-0.15, -0.1) is 0 Å². The summed E-state index contributed by atoms with van der Waals surface area (Å²) in [7, 11) is 0. The maximum absolute atomic E-state index is 13.2. The number of nitrogens with one attached hydrogen (secondary N) is 1. The smallest absolute Gasteiger partial charge is 0.321 e. The van der Waals surface area contributed by atoms with Gasteiger partial charge >= 0.3 is 12.0 Å². The number of amides is 2. The minimum absolute atomic E-state index is 0.0199. The second kappa shape index (κ2) is 15.8. The number of aryl methyl sites for hydroxylation is 1. The molecule has 6 heteroatoms. The normalized spacial score (nSPS) is 10.7. The van der Waals surface area contributed by atoms with Gasteiger partial charge in [-0.05, 0) is 60.7 Å². The van der Waals surface area contributed by atoms with Crippen molar-refractivity contribution in [1.29, 1.82) is 0 Å². The first-order valence-electron chi connectivity index (χ1n) is 13.2. The molecule has 2 N–H and O–H groups in total. The van der Waals surface area contributed by atoms with E-state index in [4.69, 9.17) is 5.11 Å². The lowest BCUT2D eigenvalue weighted by Gasteiger charge is -2.24. The summed E-state index contributed by atoms with van der Waals surface area (Å²) in [6.07, 6.45) is 7.61. The molecule has 0 fully saturated rings. The minimum atomic E-state index is -0.834. The summed E-state index contributed by atoms with van der Waals surface area (Å²) in [5.74, 6) is -0.834. The summed E-state index contributed by atoms with van der Waals surface area (Å²) in [5.41, 5.74) is 2.93. The molecule has 5 nitrogen and oxygen atoms in total. The Labute approximate surface area is 225 Å². The van der Waals surface area contributed by atoms with Gasteiger partial charge in [0.15, 0.2) is 0 Å². The zero-order valence-corrected chi connectivity index (χ0v) is 22.5. The zero-order chi connectivity index (χ0) is 26.3. The van der Waals surface area contributed by atoms with Gasteiger partial charge in [0, 0.05) is 28.6 Å². The third kappa shape index (κ3) is 10.3. The van der Waals surface area contributed by atoms with Crippen LogP contribution in [-0.4, -0.2) is 30.2 Å². The van der Waals surface area contributed by atoms with Gasteiger partial charge in [0.25, 0.3) is 0 Å². The van der Waals surface area contributed by atoms with E-state index in [-0.39, 0.29) is 12.5 Å². The Balaban J connectivity index is 1.66. The van der Waals surface area contributed by atoms with Crippen molar-refractivity contribution < 1.29 is 14.7 Å². The lowest BCUT2D eigenvalue weighted by molar-refractivity contribution is -0.136. The molecule has 196 valence electrons. The monoisotopic (exact) mass is 518 g/mol. The molecule has 3 rings (SSSR count). The first-order chi connectivity index (χ1) is 18.0. The van der Waals surface area contributed by atoms with Gasteiger partial charge in [0.2, 0.25) is 0 Å². The van der Waals surface area contributed by atoms with Crippen LogP contribution in [-0.2, 0) is 17.6 Å². The number of carbonyl (C=O) groups excluding carboxylic acids is 1. The van der Waals surface area contributed by atoms with Crippen LogP contribution in [0.15, 0.2) is 88.7 Å². The second-order valence-electron chi connectivity index (χ2n) is 9.20. The lowest BCUT2D eigenvalue weighted by Crippen LogP contribution is -2.41. The van der Waals surface area contributed by atoms with Crippen molar-refractivity contribution in [2.45, 2.75) is 68.1 Å². The van der Waals surface area contributed by atoms with E-state index in [2.05, 4.69) is 30.4 Å². The minimum Gasteiger partial charge on any atom is -0.481 e. The maximum atomic E-state index is 13.2. The lowest BCUT2D eigenvalue weighted by atomic mass is 10.1. The molecule has 3 aromatic carbocycles. The number of hydrogen-bond acceptors (Lipinski definition) is 3. The number of carboxylic acids is 1. The van der Waals surface area contributed by atoms with E-state index in [1.165, 1.54) is 24.8 Å². The quantitative estimate of drug-likeness (QED) is 0.203. The van der Waals surface area contributed by atoms with Crippen LogP contribution in [0, 0.1) is 0 Å². The highest BCUT2D eigenvalue weighted by molar-refractivity contribution is 7.99. The highest BCUT2D eigenvalue weighted by atomic mass is 32.2. The third-order valence-electron chi connectivity index (χ3n) is 6.14. The highest BCUT2D eigenvalue weighted by Gasteiger charge is 2.16. The first kappa shape index (κ1) is 28.3. The Morgan fingerprint density at radius 3 is 2.30 bits per heavy atom. The van der Waals surface area contributed by atoms with Crippen molar-refractivity contribution in [2.24, 2.45) is 0 Å². The molecule has 0 aromatic heterocycles. The topological polar surface area (TPSA) is 69.6 Å². The molecule has 0 heterocycles. The van der Waals surface area contributed by atoms with Gasteiger partial charge in [-0.2, -0.15) is 0 Å². The average Bonchev–Trinajstić information content (AvgIpc) is 2.90. The number of anilines is 1. The molecule has 37 heavy (non-hydrogen) atoms. The van der Waals surface area contributed by atoms with E-state index in [0.717, 1.165) is 46.7 Å². The SMILES string of the molecule is CCCCCCCNC(=O)N(CCCc1ccccc1)c1cccc(Sc2ccc(CC(=O)O)cc2)c1. The molecule has 0 bridgehead atoms. The maximum Gasteiger partial charge on any atom is 0.321 e. The Bertz CT molecular complexity index is 1100. The van der Waals surface area contributed by atoms with Crippen molar-refractivity contribution in [3.8, 4) is 0 Å². The van der Waals surface area contributed by atoms with Crippen molar-refractivity contribution in [2.75, 3.05) is 18.0 Å². The number of carboxylic acid groups (broad SMARTS) is 1. The van der Waals surface area contributed by atoms with Crippen molar-refractivity contribution in [3.63, 3.8) is 0 Å². The fourth-order valence-electron chi connectivity index (χ4n) is 4.15. The Hall–Kier alpha value is -3.25. The Kier molecular flexibility index (Phi) is 12.1. The zero-order valence-electron chi connectivity index (χ0n) is 21.7. The number of carbonyl (C=O) groups is 2. The van der Waals surface area contributed by atoms with Gasteiger partial charge in [0.05, 0.1) is 6.42 Å². The molecule has 0 aliphatic carbocycles. The largest absolute Gasteiger partial charge is 0.481 e. The van der Waals surface area contributed by atoms with Crippen molar-refractivity contribution in [3.05, 3.63) is 90.0 Å². The number of urea groups is 1. The van der Waals surface area contributed by atoms with E-state index < -0.39 is 5.97 Å². The van der Waals surface area contributed by atoms with Gasteiger partial charge in [-0.1, -0.05) is 92.9 Å². The van der Waals surface area contributed by atoms with E-state index in [1.807, 2.05) is 65.6 Å². The molecule has 0 unspecified atom stereocenters. The van der Waals surface area contributed by atoms with E-state index >= 15 is 0 Å². The number of rotatable bonds is 15. The fraction of sp³-hybridized carbons (Fsp3) is 0.355. The van der Waals surface area contributed by atoms with E-state index in [1.54, 1.807) is 11.8 Å². The highest BCUT2D eigenvalue weighted by Crippen LogP contribution is 2.31. The standard InChI is InChI=1S/C31H38N2O3S/c1-2-3-4-5-9-21-32-31(36)33(22-11-14-25-12-7-6-8-13-25)27-15-10-16-29(24-27)37-28-19-17-26(18-20-28)23-30(34)35/h6-8,10,12-13,15-20,24H,2-5,9,11,14,21-23H2,1H3,(H,32,36)(H,34,35). The summed E-state index contributed by atoms with van der Waals surface area (Å²) in [6, 6.07) is 26.0. The summed E-state index contributed by atoms with van der Waals surface area (Å²) in [5, 5.41) is 12.1. The molecule has 0 saturated carbocycles.